The first kappa shape index (κ1) is 29.3. The lowest BCUT2D eigenvalue weighted by atomic mass is 10.0. The van der Waals surface area contributed by atoms with Gasteiger partial charge in [-0.25, -0.2) is 0 Å². The fraction of sp³-hybridized carbons (Fsp3) is 0.414. The number of amides is 2. The third kappa shape index (κ3) is 7.91. The number of hydrogen-bond acceptors (Lipinski definition) is 7. The first-order valence-corrected chi connectivity index (χ1v) is 14.3. The Morgan fingerprint density at radius 2 is 1.85 bits per heavy atom. The van der Waals surface area contributed by atoms with Crippen molar-refractivity contribution in [3.8, 4) is 0 Å². The van der Waals surface area contributed by atoms with Crippen LogP contribution < -0.4 is 5.73 Å². The van der Waals surface area contributed by atoms with Crippen LogP contribution in [0.2, 0.25) is 0 Å². The summed E-state index contributed by atoms with van der Waals surface area (Å²) in [6, 6.07) is 15.3. The van der Waals surface area contributed by atoms with Gasteiger partial charge >= 0.3 is 5.97 Å². The molecule has 3 aromatic rings. The number of carbonyl (C=O) groups excluding carboxylic acids is 3. The minimum atomic E-state index is -0.302. The number of benzene rings is 2. The van der Waals surface area contributed by atoms with Gasteiger partial charge in [0.1, 0.15) is 5.69 Å². The minimum Gasteiger partial charge on any atom is -0.466 e. The van der Waals surface area contributed by atoms with Crippen LogP contribution in [0.3, 0.4) is 0 Å². The lowest BCUT2D eigenvalue weighted by Gasteiger charge is -2.27. The Balaban J connectivity index is 1.40. The number of likely N-dealkylation sites (tertiary alicyclic amines) is 1. The largest absolute Gasteiger partial charge is 0.466 e. The number of aromatic nitrogens is 3. The van der Waals surface area contributed by atoms with Crippen molar-refractivity contribution in [1.29, 1.82) is 0 Å². The molecule has 4 rings (SSSR count). The zero-order valence-corrected chi connectivity index (χ0v) is 24.3. The molecule has 2 aromatic carbocycles. The summed E-state index contributed by atoms with van der Waals surface area (Å²) in [6.45, 7) is 3.67. The van der Waals surface area contributed by atoms with Crippen LogP contribution in [0.15, 0.2) is 59.2 Å². The molecule has 0 bridgehead atoms. The van der Waals surface area contributed by atoms with Crippen molar-refractivity contribution < 1.29 is 19.1 Å². The Kier molecular flexibility index (Phi) is 10.3. The van der Waals surface area contributed by atoms with E-state index >= 15 is 0 Å². The van der Waals surface area contributed by atoms with Gasteiger partial charge in [0.05, 0.1) is 38.4 Å². The first-order valence-electron chi connectivity index (χ1n) is 13.5. The summed E-state index contributed by atoms with van der Waals surface area (Å²) >= 11 is 3.61. The molecular weight excluding hydrogens is 576 g/mol. The number of rotatable bonds is 12. The molecule has 1 aromatic heterocycles. The standard InChI is InChI=1S/C29H35BrN6O4/c1-2-40-29(39)15-17-35-20-23(32-33-35)19-34(18-21-9-11-22(31)12-10-21)27(37)13-14-28(38)36-16-5-8-26(36)24-6-3-4-7-25(24)30/h3-4,6-7,9-12,20,26H,2,5,8,13-19,31H2,1H3. The first-order chi connectivity index (χ1) is 19.3. The van der Waals surface area contributed by atoms with Crippen LogP contribution in [-0.2, 0) is 38.8 Å². The second-order valence-electron chi connectivity index (χ2n) is 9.79. The maximum Gasteiger partial charge on any atom is 0.307 e. The lowest BCUT2D eigenvalue weighted by molar-refractivity contribution is -0.143. The average Bonchev–Trinajstić information content (AvgIpc) is 3.61. The molecule has 1 unspecified atom stereocenters. The van der Waals surface area contributed by atoms with Gasteiger partial charge in [0.15, 0.2) is 0 Å². The van der Waals surface area contributed by atoms with Crippen molar-refractivity contribution in [2.75, 3.05) is 18.9 Å². The van der Waals surface area contributed by atoms with E-state index in [1.807, 2.05) is 41.3 Å². The van der Waals surface area contributed by atoms with Gasteiger partial charge in [0, 0.05) is 36.1 Å². The Morgan fingerprint density at radius 3 is 2.60 bits per heavy atom. The number of carbonyl (C=O) groups is 3. The highest BCUT2D eigenvalue weighted by Gasteiger charge is 2.31. The maximum absolute atomic E-state index is 13.4. The molecule has 1 aliphatic heterocycles. The van der Waals surface area contributed by atoms with E-state index in [0.717, 1.165) is 28.4 Å². The zero-order valence-electron chi connectivity index (χ0n) is 22.7. The Morgan fingerprint density at radius 1 is 1.07 bits per heavy atom. The van der Waals surface area contributed by atoms with Gasteiger partial charge in [-0.1, -0.05) is 51.5 Å². The smallest absolute Gasteiger partial charge is 0.307 e. The van der Waals surface area contributed by atoms with E-state index in [1.165, 1.54) is 0 Å². The van der Waals surface area contributed by atoms with E-state index in [-0.39, 0.29) is 49.6 Å². The molecule has 0 spiro atoms. The van der Waals surface area contributed by atoms with Gasteiger partial charge in [-0.2, -0.15) is 0 Å². The summed E-state index contributed by atoms with van der Waals surface area (Å²) in [5, 5.41) is 8.29. The van der Waals surface area contributed by atoms with Gasteiger partial charge in [0.2, 0.25) is 11.8 Å². The van der Waals surface area contributed by atoms with Crippen molar-refractivity contribution in [3.05, 3.63) is 76.0 Å². The fourth-order valence-electron chi connectivity index (χ4n) is 4.88. The minimum absolute atomic E-state index is 0.00806. The highest BCUT2D eigenvalue weighted by atomic mass is 79.9. The molecule has 2 heterocycles. The SMILES string of the molecule is CCOC(=O)CCn1cc(CN(Cc2ccc(N)cc2)C(=O)CCC(=O)N2CCCC2c2ccccc2Br)nn1. The van der Waals surface area contributed by atoms with Gasteiger partial charge < -0.3 is 20.3 Å². The number of esters is 1. The highest BCUT2D eigenvalue weighted by Crippen LogP contribution is 2.36. The normalized spacial score (nSPS) is 14.8. The number of anilines is 1. The number of nitrogen functional groups attached to an aromatic ring is 1. The topological polar surface area (TPSA) is 124 Å². The van der Waals surface area contributed by atoms with Crippen LogP contribution >= 0.6 is 15.9 Å². The van der Waals surface area contributed by atoms with Crippen molar-refractivity contribution >= 4 is 39.4 Å². The second kappa shape index (κ2) is 14.1. The van der Waals surface area contributed by atoms with E-state index < -0.39 is 0 Å². The fourth-order valence-corrected chi connectivity index (χ4v) is 5.43. The molecule has 0 radical (unpaired) electrons. The Labute approximate surface area is 242 Å². The predicted octanol–water partition coefficient (Wildman–Crippen LogP) is 4.25. The molecule has 1 aliphatic rings. The van der Waals surface area contributed by atoms with Crippen molar-refractivity contribution in [1.82, 2.24) is 24.8 Å². The molecule has 40 heavy (non-hydrogen) atoms. The molecule has 1 saturated heterocycles. The van der Waals surface area contributed by atoms with Crippen molar-refractivity contribution in [3.63, 3.8) is 0 Å². The van der Waals surface area contributed by atoms with E-state index in [2.05, 4.69) is 26.2 Å². The maximum atomic E-state index is 13.4. The van der Waals surface area contributed by atoms with Crippen LogP contribution in [0.4, 0.5) is 5.69 Å². The third-order valence-corrected chi connectivity index (χ3v) is 7.61. The summed E-state index contributed by atoms with van der Waals surface area (Å²) in [7, 11) is 0. The highest BCUT2D eigenvalue weighted by molar-refractivity contribution is 9.10. The zero-order chi connectivity index (χ0) is 28.5. The monoisotopic (exact) mass is 610 g/mol. The van der Waals surface area contributed by atoms with Crippen molar-refractivity contribution in [2.45, 2.75) is 64.7 Å². The van der Waals surface area contributed by atoms with E-state index in [4.69, 9.17) is 10.5 Å². The Bertz CT molecular complexity index is 1310. The summed E-state index contributed by atoms with van der Waals surface area (Å²) in [5.74, 6) is -0.476. The van der Waals surface area contributed by atoms with Gasteiger partial charge in [-0.15, -0.1) is 5.10 Å². The third-order valence-electron chi connectivity index (χ3n) is 6.89. The van der Waals surface area contributed by atoms with Crippen molar-refractivity contribution in [2.24, 2.45) is 0 Å². The molecule has 1 atom stereocenters. The quantitative estimate of drug-likeness (QED) is 0.240. The summed E-state index contributed by atoms with van der Waals surface area (Å²) in [4.78, 5) is 42.0. The number of ether oxygens (including phenoxy) is 1. The molecular formula is C29H35BrN6O4. The number of nitrogens with two attached hydrogens (primary N) is 1. The number of nitrogens with zero attached hydrogens (tertiary/aromatic N) is 5. The van der Waals surface area contributed by atoms with E-state index in [9.17, 15) is 14.4 Å². The number of halogens is 1. The molecule has 2 amide bonds. The molecule has 2 N–H and O–H groups in total. The predicted molar refractivity (Wildman–Crippen MR) is 153 cm³/mol. The molecule has 212 valence electrons. The van der Waals surface area contributed by atoms with Gasteiger partial charge in [0.25, 0.3) is 0 Å². The average molecular weight is 612 g/mol. The van der Waals surface area contributed by atoms with Gasteiger partial charge in [-0.05, 0) is 49.1 Å². The van der Waals surface area contributed by atoms with E-state index in [0.29, 0.717) is 37.6 Å². The molecule has 0 saturated carbocycles. The Hall–Kier alpha value is -3.73. The van der Waals surface area contributed by atoms with Crippen LogP contribution in [0.1, 0.15) is 61.9 Å². The summed E-state index contributed by atoms with van der Waals surface area (Å²) in [5.41, 5.74) is 9.07. The summed E-state index contributed by atoms with van der Waals surface area (Å²) in [6.07, 6.45) is 3.95. The van der Waals surface area contributed by atoms with E-state index in [1.54, 1.807) is 34.8 Å². The number of hydrogen-bond donors (Lipinski definition) is 1. The van der Waals surface area contributed by atoms with Crippen LogP contribution in [0.25, 0.3) is 0 Å². The van der Waals surface area contributed by atoms with Crippen LogP contribution in [0, 0.1) is 0 Å². The molecule has 11 heteroatoms. The van der Waals surface area contributed by atoms with Crippen LogP contribution in [0.5, 0.6) is 0 Å². The second-order valence-corrected chi connectivity index (χ2v) is 10.6. The van der Waals surface area contributed by atoms with Crippen LogP contribution in [-0.4, -0.2) is 55.7 Å². The molecule has 0 aliphatic carbocycles. The number of aryl methyl sites for hydroxylation is 1. The molecule has 1 fully saturated rings. The molecule has 10 nitrogen and oxygen atoms in total. The lowest BCUT2D eigenvalue weighted by Crippen LogP contribution is -2.34. The summed E-state index contributed by atoms with van der Waals surface area (Å²) < 4.78 is 7.52. The van der Waals surface area contributed by atoms with Gasteiger partial charge in [-0.3, -0.25) is 19.1 Å².